The number of hydrazone groups is 1. The highest BCUT2D eigenvalue weighted by atomic mass is 16.5. The molecule has 0 atom stereocenters. The van der Waals surface area contributed by atoms with Crippen molar-refractivity contribution in [3.05, 3.63) is 0 Å². The minimum atomic E-state index is 0.530. The fourth-order valence-electron chi connectivity index (χ4n) is 0.246. The molecule has 0 aliphatic heterocycles. The lowest BCUT2D eigenvalue weighted by Gasteiger charge is -1.95. The Balaban J connectivity index is 0. The number of hydrogen-bond acceptors (Lipinski definition) is 3. The predicted octanol–water partition coefficient (Wildman–Crippen LogP) is 1.34. The monoisotopic (exact) mass is 132 g/mol. The van der Waals surface area contributed by atoms with Crippen molar-refractivity contribution in [3.63, 3.8) is 0 Å². The zero-order valence-electron chi connectivity index (χ0n) is 6.64. The Labute approximate surface area is 56.9 Å². The summed E-state index contributed by atoms with van der Waals surface area (Å²) in [6.07, 6.45) is 0. The fraction of sp³-hybridized carbons (Fsp3) is 0.833. The molecule has 0 aromatic heterocycles. The Hall–Kier alpha value is -0.730. The lowest BCUT2D eigenvalue weighted by molar-refractivity contribution is 0.323. The minimum absolute atomic E-state index is 0.530. The van der Waals surface area contributed by atoms with E-state index in [-0.39, 0.29) is 0 Å². The first kappa shape index (κ1) is 11.1. The Bertz CT molecular complexity index is 71.5. The average Bonchev–Trinajstić information content (AvgIpc) is 1.93. The molecule has 0 aliphatic rings. The van der Waals surface area contributed by atoms with E-state index < -0.39 is 0 Å². The molecule has 0 rings (SSSR count). The van der Waals surface area contributed by atoms with Crippen LogP contribution in [0.3, 0.4) is 0 Å². The molecule has 0 saturated carbocycles. The summed E-state index contributed by atoms with van der Waals surface area (Å²) in [6, 6.07) is 0. The summed E-state index contributed by atoms with van der Waals surface area (Å²) in [5.41, 5.74) is 0. The zero-order chi connectivity index (χ0) is 7.70. The van der Waals surface area contributed by atoms with Gasteiger partial charge in [0.1, 0.15) is 0 Å². The highest BCUT2D eigenvalue weighted by molar-refractivity contribution is 5.72. The fourth-order valence-corrected chi connectivity index (χ4v) is 0.246. The topological polar surface area (TPSA) is 47.6 Å². The largest absolute Gasteiger partial charge is 0.480 e. The van der Waals surface area contributed by atoms with E-state index in [1.807, 2.05) is 20.8 Å². The highest BCUT2D eigenvalue weighted by Gasteiger charge is 1.80. The molecule has 9 heavy (non-hydrogen) atoms. The third-order valence-electron chi connectivity index (χ3n) is 0.535. The van der Waals surface area contributed by atoms with Crippen molar-refractivity contribution in [1.82, 2.24) is 0 Å². The number of nitrogens with two attached hydrogens (primary N) is 1. The van der Waals surface area contributed by atoms with Crippen LogP contribution in [0.25, 0.3) is 0 Å². The Morgan fingerprint density at radius 1 is 1.56 bits per heavy atom. The first-order valence-electron chi connectivity index (χ1n) is 3.18. The molecule has 0 unspecified atom stereocenters. The molecule has 0 aromatic rings. The van der Waals surface area contributed by atoms with Gasteiger partial charge in [-0.05, 0) is 6.92 Å². The Morgan fingerprint density at radius 2 is 2.00 bits per heavy atom. The van der Waals surface area contributed by atoms with Crippen LogP contribution in [-0.2, 0) is 4.74 Å². The SMILES string of the molecule is CC.CCO/C(C)=N\N. The summed E-state index contributed by atoms with van der Waals surface area (Å²) in [6.45, 7) is 8.23. The molecule has 3 heteroatoms. The molecule has 0 fully saturated rings. The molecule has 3 nitrogen and oxygen atoms in total. The summed E-state index contributed by atoms with van der Waals surface area (Å²) in [5, 5.41) is 3.27. The maximum atomic E-state index is 4.82. The molecule has 0 radical (unpaired) electrons. The van der Waals surface area contributed by atoms with Crippen LogP contribution in [0, 0.1) is 0 Å². The van der Waals surface area contributed by atoms with Gasteiger partial charge in [-0.15, -0.1) is 5.10 Å². The smallest absolute Gasteiger partial charge is 0.202 e. The van der Waals surface area contributed by atoms with Gasteiger partial charge in [0.05, 0.1) is 6.61 Å². The van der Waals surface area contributed by atoms with Crippen LogP contribution in [0.15, 0.2) is 5.10 Å². The van der Waals surface area contributed by atoms with Crippen molar-refractivity contribution >= 4 is 5.90 Å². The summed E-state index contributed by atoms with van der Waals surface area (Å²) in [7, 11) is 0. The molecular formula is C6H16N2O. The van der Waals surface area contributed by atoms with Crippen LogP contribution >= 0.6 is 0 Å². The summed E-state index contributed by atoms with van der Waals surface area (Å²) in [5.74, 6) is 5.35. The second-order valence-electron chi connectivity index (χ2n) is 1.08. The number of rotatable bonds is 1. The quantitative estimate of drug-likeness (QED) is 0.253. The van der Waals surface area contributed by atoms with E-state index in [2.05, 4.69) is 5.10 Å². The lowest BCUT2D eigenvalue weighted by atomic mass is 10.7. The second-order valence-corrected chi connectivity index (χ2v) is 1.08. The van der Waals surface area contributed by atoms with E-state index in [1.165, 1.54) is 0 Å². The van der Waals surface area contributed by atoms with E-state index in [0.29, 0.717) is 12.5 Å². The maximum Gasteiger partial charge on any atom is 0.202 e. The van der Waals surface area contributed by atoms with E-state index >= 15 is 0 Å². The number of hydrogen-bond donors (Lipinski definition) is 1. The van der Waals surface area contributed by atoms with Crippen LogP contribution in [0.4, 0.5) is 0 Å². The molecule has 0 heterocycles. The number of nitrogens with zero attached hydrogens (tertiary/aromatic N) is 1. The van der Waals surface area contributed by atoms with E-state index in [1.54, 1.807) is 6.92 Å². The van der Waals surface area contributed by atoms with Gasteiger partial charge in [-0.25, -0.2) is 0 Å². The Kier molecular flexibility index (Phi) is 12.7. The summed E-state index contributed by atoms with van der Waals surface area (Å²) < 4.78 is 4.82. The molecule has 0 saturated heterocycles. The van der Waals surface area contributed by atoms with Crippen molar-refractivity contribution in [2.24, 2.45) is 10.9 Å². The average molecular weight is 132 g/mol. The molecule has 0 bridgehead atoms. The second kappa shape index (κ2) is 10.3. The molecule has 0 aromatic carbocycles. The minimum Gasteiger partial charge on any atom is -0.480 e. The third-order valence-corrected chi connectivity index (χ3v) is 0.535. The van der Waals surface area contributed by atoms with Crippen molar-refractivity contribution < 1.29 is 4.74 Å². The molecule has 0 aliphatic carbocycles. The van der Waals surface area contributed by atoms with Gasteiger partial charge in [0, 0.05) is 6.92 Å². The maximum absolute atomic E-state index is 4.82. The van der Waals surface area contributed by atoms with Gasteiger partial charge in [-0.1, -0.05) is 13.8 Å². The van der Waals surface area contributed by atoms with Gasteiger partial charge in [-0.3, -0.25) is 0 Å². The Morgan fingerprint density at radius 3 is 2.11 bits per heavy atom. The van der Waals surface area contributed by atoms with Gasteiger partial charge in [0.25, 0.3) is 0 Å². The first-order chi connectivity index (χ1) is 4.31. The normalized spacial score (nSPS) is 9.56. The van der Waals surface area contributed by atoms with Crippen LogP contribution in [0.5, 0.6) is 0 Å². The van der Waals surface area contributed by atoms with Crippen LogP contribution in [-0.4, -0.2) is 12.5 Å². The molecule has 56 valence electrons. The first-order valence-corrected chi connectivity index (χ1v) is 3.18. The van der Waals surface area contributed by atoms with E-state index in [4.69, 9.17) is 10.6 Å². The van der Waals surface area contributed by atoms with Gasteiger partial charge >= 0.3 is 0 Å². The van der Waals surface area contributed by atoms with Crippen LogP contribution < -0.4 is 5.84 Å². The summed E-state index contributed by atoms with van der Waals surface area (Å²) >= 11 is 0. The van der Waals surface area contributed by atoms with Gasteiger partial charge in [0.15, 0.2) is 0 Å². The summed E-state index contributed by atoms with van der Waals surface area (Å²) in [4.78, 5) is 0. The number of ether oxygens (including phenoxy) is 1. The van der Waals surface area contributed by atoms with Crippen LogP contribution in [0.1, 0.15) is 27.7 Å². The van der Waals surface area contributed by atoms with Gasteiger partial charge in [-0.2, -0.15) is 0 Å². The third kappa shape index (κ3) is 11.1. The highest BCUT2D eigenvalue weighted by Crippen LogP contribution is 1.74. The van der Waals surface area contributed by atoms with Gasteiger partial charge in [0.2, 0.25) is 5.90 Å². The van der Waals surface area contributed by atoms with E-state index in [0.717, 1.165) is 0 Å². The van der Waals surface area contributed by atoms with E-state index in [9.17, 15) is 0 Å². The molecular weight excluding hydrogens is 116 g/mol. The molecule has 0 spiro atoms. The molecule has 2 N–H and O–H groups in total. The van der Waals surface area contributed by atoms with Gasteiger partial charge < -0.3 is 10.6 Å². The molecule has 0 amide bonds. The standard InChI is InChI=1S/C4H10N2O.C2H6/c1-3-7-4(2)6-5;1-2/h3,5H2,1-2H3;1-2H3/b6-4-;. The van der Waals surface area contributed by atoms with Crippen molar-refractivity contribution in [2.75, 3.05) is 6.61 Å². The lowest BCUT2D eigenvalue weighted by Crippen LogP contribution is -2.01. The van der Waals surface area contributed by atoms with Crippen molar-refractivity contribution in [3.8, 4) is 0 Å². The van der Waals surface area contributed by atoms with Crippen LogP contribution in [0.2, 0.25) is 0 Å². The van der Waals surface area contributed by atoms with Crippen molar-refractivity contribution in [1.29, 1.82) is 0 Å². The predicted molar refractivity (Wildman–Crippen MR) is 40.3 cm³/mol. The van der Waals surface area contributed by atoms with Crippen molar-refractivity contribution in [2.45, 2.75) is 27.7 Å². The zero-order valence-corrected chi connectivity index (χ0v) is 6.64.